The molecule has 0 fully saturated rings. The Balaban J connectivity index is 1.91. The van der Waals surface area contributed by atoms with Crippen LogP contribution in [0.4, 0.5) is 5.69 Å². The van der Waals surface area contributed by atoms with E-state index in [4.69, 9.17) is 0 Å². The van der Waals surface area contributed by atoms with E-state index in [0.717, 1.165) is 12.8 Å². The fourth-order valence-corrected chi connectivity index (χ4v) is 2.39. The molecule has 0 saturated heterocycles. The van der Waals surface area contributed by atoms with E-state index < -0.39 is 0 Å². The Morgan fingerprint density at radius 2 is 2.19 bits per heavy atom. The van der Waals surface area contributed by atoms with Crippen molar-refractivity contribution in [2.75, 3.05) is 5.32 Å². The van der Waals surface area contributed by atoms with E-state index in [-0.39, 0.29) is 0 Å². The van der Waals surface area contributed by atoms with Gasteiger partial charge in [-0.1, -0.05) is 18.2 Å². The predicted octanol–water partition coefficient (Wildman–Crippen LogP) is 2.52. The number of nitrogens with zero attached hydrogens (tertiary/aromatic N) is 2. The molecule has 3 nitrogen and oxygen atoms in total. The van der Waals surface area contributed by atoms with Gasteiger partial charge >= 0.3 is 0 Å². The Kier molecular flexibility index (Phi) is 2.17. The molecule has 1 unspecified atom stereocenters. The van der Waals surface area contributed by atoms with Gasteiger partial charge in [0.1, 0.15) is 0 Å². The van der Waals surface area contributed by atoms with Crippen LogP contribution in [0.5, 0.6) is 0 Å². The van der Waals surface area contributed by atoms with E-state index in [2.05, 4.69) is 40.7 Å². The van der Waals surface area contributed by atoms with Crippen LogP contribution in [0, 0.1) is 0 Å². The zero-order valence-corrected chi connectivity index (χ0v) is 9.35. The molecule has 3 heteroatoms. The third kappa shape index (κ3) is 1.48. The first-order valence-corrected chi connectivity index (χ1v) is 5.67. The molecule has 82 valence electrons. The van der Waals surface area contributed by atoms with Crippen LogP contribution < -0.4 is 5.32 Å². The number of fused-ring (bicyclic) bond motifs is 1. The second kappa shape index (κ2) is 3.67. The molecule has 2 heterocycles. The van der Waals surface area contributed by atoms with Crippen LogP contribution >= 0.6 is 0 Å². The molecule has 1 aliphatic rings. The summed E-state index contributed by atoms with van der Waals surface area (Å²) in [5.74, 6) is 0. The molecule has 16 heavy (non-hydrogen) atoms. The molecule has 1 atom stereocenters. The summed E-state index contributed by atoms with van der Waals surface area (Å²) in [6.07, 6.45) is 4.13. The summed E-state index contributed by atoms with van der Waals surface area (Å²) in [6, 6.07) is 11.0. The van der Waals surface area contributed by atoms with E-state index in [9.17, 15) is 0 Å². The van der Waals surface area contributed by atoms with E-state index in [1.54, 1.807) is 0 Å². The highest BCUT2D eigenvalue weighted by Crippen LogP contribution is 2.31. The van der Waals surface area contributed by atoms with Crippen molar-refractivity contribution in [3.63, 3.8) is 0 Å². The summed E-state index contributed by atoms with van der Waals surface area (Å²) in [5.41, 5.74) is 3.94. The lowest BCUT2D eigenvalue weighted by molar-refractivity contribution is 0.597. The first-order chi connectivity index (χ1) is 7.84. The van der Waals surface area contributed by atoms with Gasteiger partial charge < -0.3 is 5.32 Å². The first-order valence-electron chi connectivity index (χ1n) is 5.67. The van der Waals surface area contributed by atoms with Gasteiger partial charge in [0.05, 0.1) is 11.7 Å². The quantitative estimate of drug-likeness (QED) is 0.788. The van der Waals surface area contributed by atoms with Crippen LogP contribution in [-0.2, 0) is 13.5 Å². The minimum absolute atomic E-state index is 0.391. The van der Waals surface area contributed by atoms with Gasteiger partial charge in [0.15, 0.2) is 0 Å². The van der Waals surface area contributed by atoms with Crippen molar-refractivity contribution < 1.29 is 0 Å². The Labute approximate surface area is 95.1 Å². The number of benzene rings is 1. The largest absolute Gasteiger partial charge is 0.376 e. The molecule has 0 aliphatic carbocycles. The van der Waals surface area contributed by atoms with Crippen molar-refractivity contribution in [1.29, 1.82) is 0 Å². The van der Waals surface area contributed by atoms with Crippen molar-refractivity contribution in [1.82, 2.24) is 9.78 Å². The number of anilines is 1. The van der Waals surface area contributed by atoms with Crippen molar-refractivity contribution in [3.05, 3.63) is 47.8 Å². The zero-order chi connectivity index (χ0) is 11.0. The number of rotatable bonds is 1. The molecule has 1 aliphatic heterocycles. The average Bonchev–Trinajstić information content (AvgIpc) is 2.75. The van der Waals surface area contributed by atoms with E-state index in [1.165, 1.54) is 16.9 Å². The van der Waals surface area contributed by atoms with Crippen LogP contribution in [-0.4, -0.2) is 9.78 Å². The third-order valence-corrected chi connectivity index (χ3v) is 3.27. The fourth-order valence-electron chi connectivity index (χ4n) is 2.39. The third-order valence-electron chi connectivity index (χ3n) is 3.27. The molecule has 3 rings (SSSR count). The van der Waals surface area contributed by atoms with Gasteiger partial charge in [-0.05, 0) is 30.5 Å². The summed E-state index contributed by atoms with van der Waals surface area (Å²) >= 11 is 0. The molecular weight excluding hydrogens is 198 g/mol. The van der Waals surface area contributed by atoms with Crippen LogP contribution in [0.15, 0.2) is 36.5 Å². The summed E-state index contributed by atoms with van der Waals surface area (Å²) in [5, 5.41) is 7.80. The molecule has 1 N–H and O–H groups in total. The zero-order valence-electron chi connectivity index (χ0n) is 9.35. The fraction of sp³-hybridized carbons (Fsp3) is 0.308. The number of nitrogens with one attached hydrogen (secondary N) is 1. The average molecular weight is 213 g/mol. The Morgan fingerprint density at radius 3 is 3.00 bits per heavy atom. The van der Waals surface area contributed by atoms with Gasteiger partial charge in [-0.3, -0.25) is 4.68 Å². The maximum atomic E-state index is 4.22. The monoisotopic (exact) mass is 213 g/mol. The maximum absolute atomic E-state index is 4.22. The summed E-state index contributed by atoms with van der Waals surface area (Å²) < 4.78 is 1.95. The van der Waals surface area contributed by atoms with Crippen molar-refractivity contribution in [2.24, 2.45) is 7.05 Å². The number of aromatic nitrogens is 2. The van der Waals surface area contributed by atoms with Crippen molar-refractivity contribution >= 4 is 5.69 Å². The SMILES string of the molecule is Cn1nccc1C1CCc2ccccc2N1. The number of para-hydroxylation sites is 1. The molecule has 0 bridgehead atoms. The lowest BCUT2D eigenvalue weighted by atomic mass is 9.96. The molecule has 0 amide bonds. The minimum Gasteiger partial charge on any atom is -0.376 e. The maximum Gasteiger partial charge on any atom is 0.0685 e. The standard InChI is InChI=1S/C13H15N3/c1-16-13(8-9-14-16)12-7-6-10-4-2-3-5-11(10)15-12/h2-5,8-9,12,15H,6-7H2,1H3. The lowest BCUT2D eigenvalue weighted by Crippen LogP contribution is -2.20. The van der Waals surface area contributed by atoms with Crippen LogP contribution in [0.25, 0.3) is 0 Å². The van der Waals surface area contributed by atoms with Gasteiger partial charge in [-0.15, -0.1) is 0 Å². The molecule has 0 spiro atoms. The number of hydrogen-bond acceptors (Lipinski definition) is 2. The van der Waals surface area contributed by atoms with Crippen molar-refractivity contribution in [3.8, 4) is 0 Å². The normalized spacial score (nSPS) is 18.9. The second-order valence-corrected chi connectivity index (χ2v) is 4.27. The first kappa shape index (κ1) is 9.46. The highest BCUT2D eigenvalue weighted by molar-refractivity contribution is 5.54. The van der Waals surface area contributed by atoms with Crippen LogP contribution in [0.1, 0.15) is 23.7 Å². The number of aryl methyl sites for hydroxylation is 2. The van der Waals surface area contributed by atoms with Gasteiger partial charge in [0.2, 0.25) is 0 Å². The number of hydrogen-bond donors (Lipinski definition) is 1. The second-order valence-electron chi connectivity index (χ2n) is 4.27. The van der Waals surface area contributed by atoms with E-state index >= 15 is 0 Å². The topological polar surface area (TPSA) is 29.9 Å². The van der Waals surface area contributed by atoms with E-state index in [1.807, 2.05) is 17.9 Å². The van der Waals surface area contributed by atoms with Crippen molar-refractivity contribution in [2.45, 2.75) is 18.9 Å². The van der Waals surface area contributed by atoms with Crippen LogP contribution in [0.3, 0.4) is 0 Å². The van der Waals surface area contributed by atoms with Gasteiger partial charge in [-0.25, -0.2) is 0 Å². The summed E-state index contributed by atoms with van der Waals surface area (Å²) in [7, 11) is 2.00. The highest BCUT2D eigenvalue weighted by Gasteiger charge is 2.20. The Bertz CT molecular complexity index is 501. The molecule has 1 aromatic heterocycles. The molecular formula is C13H15N3. The van der Waals surface area contributed by atoms with E-state index in [0.29, 0.717) is 6.04 Å². The highest BCUT2D eigenvalue weighted by atomic mass is 15.3. The van der Waals surface area contributed by atoms with Gasteiger partial charge in [-0.2, -0.15) is 5.10 Å². The van der Waals surface area contributed by atoms with Gasteiger partial charge in [0, 0.05) is 18.9 Å². The Hall–Kier alpha value is -1.77. The predicted molar refractivity (Wildman–Crippen MR) is 64.3 cm³/mol. The molecule has 0 radical (unpaired) electrons. The lowest BCUT2D eigenvalue weighted by Gasteiger charge is -2.27. The summed E-state index contributed by atoms with van der Waals surface area (Å²) in [6.45, 7) is 0. The molecule has 1 aromatic carbocycles. The Morgan fingerprint density at radius 1 is 1.31 bits per heavy atom. The summed E-state index contributed by atoms with van der Waals surface area (Å²) in [4.78, 5) is 0. The van der Waals surface area contributed by atoms with Gasteiger partial charge in [0.25, 0.3) is 0 Å². The van der Waals surface area contributed by atoms with Crippen LogP contribution in [0.2, 0.25) is 0 Å². The molecule has 2 aromatic rings. The smallest absolute Gasteiger partial charge is 0.0685 e. The minimum atomic E-state index is 0.391. The molecule has 0 saturated carbocycles.